The highest BCUT2D eigenvalue weighted by atomic mass is 32.2. The van der Waals surface area contributed by atoms with Crippen molar-refractivity contribution in [3.63, 3.8) is 0 Å². The summed E-state index contributed by atoms with van der Waals surface area (Å²) in [6.45, 7) is 10.3. The molecule has 10 heteroatoms. The van der Waals surface area contributed by atoms with Gasteiger partial charge in [0.1, 0.15) is 4.88 Å². The lowest BCUT2D eigenvalue weighted by molar-refractivity contribution is -0.113. The number of carbonyl (C=O) groups excluding carboxylic acids is 2. The monoisotopic (exact) mass is 473 g/mol. The van der Waals surface area contributed by atoms with E-state index in [-0.39, 0.29) is 23.7 Å². The number of aryl methyl sites for hydroxylation is 1. The van der Waals surface area contributed by atoms with Crippen LogP contribution in [0.15, 0.2) is 29.4 Å². The van der Waals surface area contributed by atoms with Crippen LogP contribution in [0.2, 0.25) is 0 Å². The summed E-state index contributed by atoms with van der Waals surface area (Å²) in [6, 6.07) is 8.28. The lowest BCUT2D eigenvalue weighted by Crippen LogP contribution is -2.14. The first-order valence-electron chi connectivity index (χ1n) is 10.2. The summed E-state index contributed by atoms with van der Waals surface area (Å²) in [5.74, 6) is 0.211. The number of anilines is 1. The van der Waals surface area contributed by atoms with Crippen LogP contribution >= 0.6 is 23.1 Å². The molecule has 0 aliphatic heterocycles. The van der Waals surface area contributed by atoms with Gasteiger partial charge in [-0.1, -0.05) is 68.1 Å². The predicted molar refractivity (Wildman–Crippen MR) is 127 cm³/mol. The lowest BCUT2D eigenvalue weighted by atomic mass is 9.87. The highest BCUT2D eigenvalue weighted by molar-refractivity contribution is 7.99. The van der Waals surface area contributed by atoms with Crippen molar-refractivity contribution in [3.05, 3.63) is 40.4 Å². The number of thiazole rings is 1. The molecule has 0 fully saturated rings. The molecule has 1 aromatic carbocycles. The smallest absolute Gasteiger partial charge is 0.350 e. The number of nitrogens with one attached hydrogen (secondary N) is 1. The van der Waals surface area contributed by atoms with Gasteiger partial charge in [0.25, 0.3) is 0 Å². The highest BCUT2D eigenvalue weighted by Gasteiger charge is 2.19. The van der Waals surface area contributed by atoms with Gasteiger partial charge < -0.3 is 14.6 Å². The molecule has 1 N–H and O–H groups in total. The Bertz CT molecular complexity index is 1110. The fourth-order valence-electron chi connectivity index (χ4n) is 2.93. The van der Waals surface area contributed by atoms with Crippen LogP contribution in [0.3, 0.4) is 0 Å². The molecule has 8 nitrogen and oxygen atoms in total. The topological polar surface area (TPSA) is 99.0 Å². The summed E-state index contributed by atoms with van der Waals surface area (Å²) in [7, 11) is 1.88. The summed E-state index contributed by atoms with van der Waals surface area (Å²) in [6.07, 6.45) is 0. The number of thioether (sulfide) groups is 1. The number of nitrogens with zero attached hydrogens (tertiary/aromatic N) is 4. The van der Waals surface area contributed by atoms with Crippen LogP contribution < -0.4 is 5.32 Å². The highest BCUT2D eigenvalue weighted by Crippen LogP contribution is 2.27. The van der Waals surface area contributed by atoms with Gasteiger partial charge in [0.05, 0.1) is 18.1 Å². The Morgan fingerprint density at radius 3 is 2.50 bits per heavy atom. The molecule has 170 valence electrons. The Balaban J connectivity index is 1.62. The quantitative estimate of drug-likeness (QED) is 0.400. The molecule has 0 aliphatic carbocycles. The zero-order valence-electron chi connectivity index (χ0n) is 19.1. The number of hydrogen-bond donors (Lipinski definition) is 1. The normalized spacial score (nSPS) is 11.4. The van der Waals surface area contributed by atoms with Crippen molar-refractivity contribution in [2.45, 2.75) is 45.2 Å². The van der Waals surface area contributed by atoms with Gasteiger partial charge in [-0.3, -0.25) is 4.79 Å². The Hall–Kier alpha value is -2.72. The van der Waals surface area contributed by atoms with Gasteiger partial charge in [-0.25, -0.2) is 9.78 Å². The van der Waals surface area contributed by atoms with Crippen molar-refractivity contribution in [1.82, 2.24) is 19.7 Å². The largest absolute Gasteiger partial charge is 0.462 e. The van der Waals surface area contributed by atoms with Crippen LogP contribution in [0.1, 0.15) is 48.6 Å². The number of ether oxygens (including phenoxy) is 1. The van der Waals surface area contributed by atoms with Crippen molar-refractivity contribution in [3.8, 4) is 11.4 Å². The first-order valence-corrected chi connectivity index (χ1v) is 12.0. The summed E-state index contributed by atoms with van der Waals surface area (Å²) >= 11 is 2.39. The zero-order chi connectivity index (χ0) is 23.5. The summed E-state index contributed by atoms with van der Waals surface area (Å²) < 4.78 is 6.88. The van der Waals surface area contributed by atoms with E-state index in [0.29, 0.717) is 20.9 Å². The number of carbonyl (C=O) groups is 2. The van der Waals surface area contributed by atoms with Crippen molar-refractivity contribution in [2.24, 2.45) is 7.05 Å². The molecule has 0 atom stereocenters. The lowest BCUT2D eigenvalue weighted by Gasteiger charge is -2.19. The third-order valence-corrected chi connectivity index (χ3v) is 6.75. The molecule has 0 saturated heterocycles. The second-order valence-electron chi connectivity index (χ2n) is 8.18. The molecule has 2 aromatic heterocycles. The average Bonchev–Trinajstić information content (AvgIpc) is 3.28. The van der Waals surface area contributed by atoms with E-state index >= 15 is 0 Å². The number of esters is 1. The number of rotatable bonds is 7. The molecule has 0 aliphatic rings. The summed E-state index contributed by atoms with van der Waals surface area (Å²) in [4.78, 5) is 28.9. The van der Waals surface area contributed by atoms with E-state index in [1.165, 1.54) is 17.3 Å². The van der Waals surface area contributed by atoms with E-state index in [1.807, 2.05) is 23.7 Å². The number of benzene rings is 1. The molecule has 1 amide bonds. The number of aromatic nitrogens is 4. The molecule has 3 rings (SSSR count). The standard InChI is InChI=1S/C22H27N5O3S2/c1-7-30-19(29)17-13(2)23-20(32-17)24-16(28)12-31-21-26-25-18(27(21)6)14-8-10-15(11-9-14)22(3,4)5/h8-11H,7,12H2,1-6H3,(H,23,24,28). The van der Waals surface area contributed by atoms with Gasteiger partial charge in [0.15, 0.2) is 16.1 Å². The molecule has 0 bridgehead atoms. The molecule has 0 saturated carbocycles. The minimum Gasteiger partial charge on any atom is -0.462 e. The van der Waals surface area contributed by atoms with E-state index in [0.717, 1.165) is 22.7 Å². The van der Waals surface area contributed by atoms with Gasteiger partial charge in [-0.05, 0) is 24.8 Å². The maximum Gasteiger partial charge on any atom is 0.350 e. The molecule has 32 heavy (non-hydrogen) atoms. The summed E-state index contributed by atoms with van der Waals surface area (Å²) in [5, 5.41) is 12.3. The number of amides is 1. The van der Waals surface area contributed by atoms with Crippen molar-refractivity contribution >= 4 is 40.1 Å². The third-order valence-electron chi connectivity index (χ3n) is 4.68. The van der Waals surface area contributed by atoms with Gasteiger partial charge >= 0.3 is 5.97 Å². The van der Waals surface area contributed by atoms with Crippen LogP contribution in [0.4, 0.5) is 5.13 Å². The first kappa shape index (κ1) is 23.9. The average molecular weight is 474 g/mol. The van der Waals surface area contributed by atoms with Crippen LogP contribution in [0.5, 0.6) is 0 Å². The molecule has 2 heterocycles. The van der Waals surface area contributed by atoms with E-state index in [9.17, 15) is 9.59 Å². The van der Waals surface area contributed by atoms with Gasteiger partial charge in [-0.2, -0.15) is 0 Å². The molecule has 0 unspecified atom stereocenters. The second-order valence-corrected chi connectivity index (χ2v) is 10.1. The van der Waals surface area contributed by atoms with Gasteiger partial charge in [0, 0.05) is 12.6 Å². The third kappa shape index (κ3) is 5.55. The Kier molecular flexibility index (Phi) is 7.35. The Labute approximate surface area is 195 Å². The number of hydrogen-bond acceptors (Lipinski definition) is 8. The van der Waals surface area contributed by atoms with Crippen molar-refractivity contribution < 1.29 is 14.3 Å². The van der Waals surface area contributed by atoms with Gasteiger partial charge in [-0.15, -0.1) is 10.2 Å². The van der Waals surface area contributed by atoms with E-state index in [2.05, 4.69) is 53.4 Å². The minimum absolute atomic E-state index is 0.0832. The molecular weight excluding hydrogens is 446 g/mol. The van der Waals surface area contributed by atoms with Gasteiger partial charge in [0.2, 0.25) is 5.91 Å². The van der Waals surface area contributed by atoms with Crippen LogP contribution in [-0.4, -0.2) is 44.0 Å². The maximum atomic E-state index is 12.4. The van der Waals surface area contributed by atoms with E-state index in [4.69, 9.17) is 4.74 Å². The fourth-order valence-corrected chi connectivity index (χ4v) is 4.52. The van der Waals surface area contributed by atoms with E-state index < -0.39 is 5.97 Å². The summed E-state index contributed by atoms with van der Waals surface area (Å²) in [5.41, 5.74) is 2.83. The minimum atomic E-state index is -0.431. The molecule has 0 radical (unpaired) electrons. The Morgan fingerprint density at radius 1 is 1.19 bits per heavy atom. The van der Waals surface area contributed by atoms with Crippen LogP contribution in [0.25, 0.3) is 11.4 Å². The zero-order valence-corrected chi connectivity index (χ0v) is 20.7. The Morgan fingerprint density at radius 2 is 1.88 bits per heavy atom. The van der Waals surface area contributed by atoms with Crippen LogP contribution in [0, 0.1) is 6.92 Å². The molecule has 0 spiro atoms. The second kappa shape index (κ2) is 9.83. The maximum absolute atomic E-state index is 12.4. The SMILES string of the molecule is CCOC(=O)c1sc(NC(=O)CSc2nnc(-c3ccc(C(C)(C)C)cc3)n2C)nc1C. The van der Waals surface area contributed by atoms with Crippen LogP contribution in [-0.2, 0) is 22.0 Å². The van der Waals surface area contributed by atoms with Crippen molar-refractivity contribution in [2.75, 3.05) is 17.7 Å². The molecule has 3 aromatic rings. The van der Waals surface area contributed by atoms with E-state index in [1.54, 1.807) is 13.8 Å². The van der Waals surface area contributed by atoms with Crippen molar-refractivity contribution in [1.29, 1.82) is 0 Å². The first-order chi connectivity index (χ1) is 15.1. The fraction of sp³-hybridized carbons (Fsp3) is 0.409. The molecular formula is C22H27N5O3S2. The predicted octanol–water partition coefficient (Wildman–Crippen LogP) is 4.45.